The van der Waals surface area contributed by atoms with Gasteiger partial charge in [0, 0.05) is 19.4 Å². The van der Waals surface area contributed by atoms with E-state index >= 15 is 0 Å². The minimum atomic E-state index is -0.345. The molecule has 1 unspecified atom stereocenters. The minimum absolute atomic E-state index is 0.0120. The molecule has 0 aromatic rings. The first-order valence-corrected chi connectivity index (χ1v) is 5.96. The molecule has 2 aliphatic rings. The summed E-state index contributed by atoms with van der Waals surface area (Å²) in [6.07, 6.45) is 6.84. The molecule has 4 nitrogen and oxygen atoms in total. The zero-order valence-corrected chi connectivity index (χ0v) is 9.54. The maximum atomic E-state index is 11.0. The number of amides is 1. The van der Waals surface area contributed by atoms with Gasteiger partial charge in [0.2, 0.25) is 5.91 Å². The molecule has 0 aromatic heterocycles. The van der Waals surface area contributed by atoms with Gasteiger partial charge in [-0.25, -0.2) is 0 Å². The monoisotopic (exact) mass is 225 g/mol. The quantitative estimate of drug-likeness (QED) is 0.738. The van der Waals surface area contributed by atoms with E-state index in [4.69, 9.17) is 9.47 Å². The van der Waals surface area contributed by atoms with E-state index in [2.05, 4.69) is 11.9 Å². The van der Waals surface area contributed by atoms with Crippen molar-refractivity contribution in [2.75, 3.05) is 13.2 Å². The summed E-state index contributed by atoms with van der Waals surface area (Å²) in [5, 5.41) is 2.73. The van der Waals surface area contributed by atoms with Gasteiger partial charge in [-0.3, -0.25) is 4.79 Å². The van der Waals surface area contributed by atoms with Crippen molar-refractivity contribution in [3.8, 4) is 0 Å². The molecule has 1 saturated heterocycles. The van der Waals surface area contributed by atoms with Crippen LogP contribution in [-0.4, -0.2) is 30.9 Å². The average Bonchev–Trinajstić information content (AvgIpc) is 2.70. The van der Waals surface area contributed by atoms with Gasteiger partial charge in [-0.2, -0.15) is 0 Å². The zero-order chi connectivity index (χ0) is 11.4. The fourth-order valence-electron chi connectivity index (χ4n) is 2.36. The van der Waals surface area contributed by atoms with Crippen LogP contribution in [0.2, 0.25) is 0 Å². The second-order valence-electron chi connectivity index (χ2n) is 4.47. The Morgan fingerprint density at radius 2 is 2.19 bits per heavy atom. The first-order valence-electron chi connectivity index (χ1n) is 5.96. The standard InChI is InChI=1S/C12H19NO3/c1-2-11(14)13-8-10-9-15-12(16-10)6-4-3-5-7-12/h2,10H,1,3-9H2,(H,13,14). The minimum Gasteiger partial charge on any atom is -0.350 e. The maximum Gasteiger partial charge on any atom is 0.243 e. The van der Waals surface area contributed by atoms with Gasteiger partial charge in [-0.15, -0.1) is 0 Å². The highest BCUT2D eigenvalue weighted by Crippen LogP contribution is 2.37. The molecular formula is C12H19NO3. The number of hydrogen-bond acceptors (Lipinski definition) is 3. The van der Waals surface area contributed by atoms with Crippen LogP contribution in [0.3, 0.4) is 0 Å². The number of nitrogens with one attached hydrogen (secondary N) is 1. The van der Waals surface area contributed by atoms with Crippen molar-refractivity contribution in [2.24, 2.45) is 0 Å². The second-order valence-corrected chi connectivity index (χ2v) is 4.47. The van der Waals surface area contributed by atoms with E-state index in [9.17, 15) is 4.79 Å². The van der Waals surface area contributed by atoms with Crippen molar-refractivity contribution in [3.05, 3.63) is 12.7 Å². The fraction of sp³-hybridized carbons (Fsp3) is 0.750. The summed E-state index contributed by atoms with van der Waals surface area (Å²) < 4.78 is 11.7. The van der Waals surface area contributed by atoms with Gasteiger partial charge in [0.15, 0.2) is 5.79 Å². The smallest absolute Gasteiger partial charge is 0.243 e. The molecule has 0 radical (unpaired) electrons. The Labute approximate surface area is 96.0 Å². The predicted molar refractivity (Wildman–Crippen MR) is 59.8 cm³/mol. The molecule has 0 bridgehead atoms. The number of carbonyl (C=O) groups excluding carboxylic acids is 1. The van der Waals surface area contributed by atoms with Crippen LogP contribution in [0.5, 0.6) is 0 Å². The Balaban J connectivity index is 1.78. The molecule has 16 heavy (non-hydrogen) atoms. The Bertz CT molecular complexity index is 271. The highest BCUT2D eigenvalue weighted by molar-refractivity contribution is 5.86. The van der Waals surface area contributed by atoms with Crippen molar-refractivity contribution >= 4 is 5.91 Å². The maximum absolute atomic E-state index is 11.0. The van der Waals surface area contributed by atoms with Crippen LogP contribution in [0, 0.1) is 0 Å². The summed E-state index contributed by atoms with van der Waals surface area (Å²) in [4.78, 5) is 11.0. The molecule has 2 fully saturated rings. The van der Waals surface area contributed by atoms with Crippen LogP contribution in [0.4, 0.5) is 0 Å². The van der Waals surface area contributed by atoms with Crippen molar-refractivity contribution in [2.45, 2.75) is 44.0 Å². The van der Waals surface area contributed by atoms with E-state index in [1.807, 2.05) is 0 Å². The molecule has 1 amide bonds. The van der Waals surface area contributed by atoms with E-state index < -0.39 is 0 Å². The van der Waals surface area contributed by atoms with Gasteiger partial charge in [0.1, 0.15) is 6.10 Å². The first-order chi connectivity index (χ1) is 7.74. The van der Waals surface area contributed by atoms with E-state index in [1.54, 1.807) is 0 Å². The van der Waals surface area contributed by atoms with Crippen molar-refractivity contribution in [1.29, 1.82) is 0 Å². The predicted octanol–water partition coefficient (Wildman–Crippen LogP) is 1.36. The third-order valence-electron chi connectivity index (χ3n) is 3.22. The molecule has 90 valence electrons. The Hall–Kier alpha value is -0.870. The average molecular weight is 225 g/mol. The van der Waals surface area contributed by atoms with Crippen LogP contribution in [-0.2, 0) is 14.3 Å². The van der Waals surface area contributed by atoms with Gasteiger partial charge >= 0.3 is 0 Å². The van der Waals surface area contributed by atoms with Crippen LogP contribution in [0.25, 0.3) is 0 Å². The lowest BCUT2D eigenvalue weighted by Gasteiger charge is -2.31. The SMILES string of the molecule is C=CC(=O)NCC1COC2(CCCCC2)O1. The topological polar surface area (TPSA) is 47.6 Å². The van der Waals surface area contributed by atoms with Crippen molar-refractivity contribution in [3.63, 3.8) is 0 Å². The van der Waals surface area contributed by atoms with Crippen LogP contribution in [0.1, 0.15) is 32.1 Å². The molecule has 1 saturated carbocycles. The highest BCUT2D eigenvalue weighted by atomic mass is 16.7. The normalized spacial score (nSPS) is 27.9. The van der Waals surface area contributed by atoms with Crippen molar-refractivity contribution in [1.82, 2.24) is 5.32 Å². The van der Waals surface area contributed by atoms with E-state index in [-0.39, 0.29) is 17.8 Å². The number of hydrogen-bond donors (Lipinski definition) is 1. The molecule has 1 spiro atoms. The van der Waals surface area contributed by atoms with Crippen LogP contribution in [0.15, 0.2) is 12.7 Å². The fourth-order valence-corrected chi connectivity index (χ4v) is 2.36. The van der Waals surface area contributed by atoms with Gasteiger partial charge in [0.05, 0.1) is 6.61 Å². The lowest BCUT2D eigenvalue weighted by atomic mass is 9.94. The lowest BCUT2D eigenvalue weighted by Crippen LogP contribution is -2.36. The number of carbonyl (C=O) groups is 1. The van der Waals surface area contributed by atoms with E-state index in [0.29, 0.717) is 13.2 Å². The summed E-state index contributed by atoms with van der Waals surface area (Å²) in [7, 11) is 0. The Kier molecular flexibility index (Phi) is 3.61. The Morgan fingerprint density at radius 1 is 1.44 bits per heavy atom. The molecule has 1 N–H and O–H groups in total. The largest absolute Gasteiger partial charge is 0.350 e. The van der Waals surface area contributed by atoms with Gasteiger partial charge in [0.25, 0.3) is 0 Å². The molecule has 1 aliphatic heterocycles. The van der Waals surface area contributed by atoms with Crippen molar-refractivity contribution < 1.29 is 14.3 Å². The van der Waals surface area contributed by atoms with Gasteiger partial charge < -0.3 is 14.8 Å². The summed E-state index contributed by atoms with van der Waals surface area (Å²) in [6, 6.07) is 0. The number of ether oxygens (including phenoxy) is 2. The molecule has 4 heteroatoms. The van der Waals surface area contributed by atoms with E-state index in [0.717, 1.165) is 12.8 Å². The third-order valence-corrected chi connectivity index (χ3v) is 3.22. The van der Waals surface area contributed by atoms with Crippen LogP contribution < -0.4 is 5.32 Å². The third kappa shape index (κ3) is 2.62. The lowest BCUT2D eigenvalue weighted by molar-refractivity contribution is -0.186. The van der Waals surface area contributed by atoms with Gasteiger partial charge in [-0.05, 0) is 18.9 Å². The molecule has 0 aromatic carbocycles. The molecule has 1 aliphatic carbocycles. The van der Waals surface area contributed by atoms with E-state index in [1.165, 1.54) is 25.3 Å². The summed E-state index contributed by atoms with van der Waals surface area (Å²) in [6.45, 7) is 4.49. The summed E-state index contributed by atoms with van der Waals surface area (Å²) in [5.74, 6) is -0.504. The molecule has 1 atom stereocenters. The summed E-state index contributed by atoms with van der Waals surface area (Å²) in [5.41, 5.74) is 0. The number of rotatable bonds is 3. The summed E-state index contributed by atoms with van der Waals surface area (Å²) >= 11 is 0. The Morgan fingerprint density at radius 3 is 2.88 bits per heavy atom. The molecular weight excluding hydrogens is 206 g/mol. The van der Waals surface area contributed by atoms with Gasteiger partial charge in [-0.1, -0.05) is 13.0 Å². The highest BCUT2D eigenvalue weighted by Gasteiger charge is 2.41. The zero-order valence-electron chi connectivity index (χ0n) is 9.54. The second kappa shape index (κ2) is 4.97. The molecule has 1 heterocycles. The first kappa shape index (κ1) is 11.6. The molecule has 2 rings (SSSR count). The van der Waals surface area contributed by atoms with Crippen LogP contribution >= 0.6 is 0 Å².